The predicted octanol–water partition coefficient (Wildman–Crippen LogP) is 2.91. The van der Waals surface area contributed by atoms with Crippen molar-refractivity contribution < 1.29 is 8.12 Å². The molecule has 0 bridgehead atoms. The second-order valence-electron chi connectivity index (χ2n) is 0.286. The van der Waals surface area contributed by atoms with E-state index in [0.29, 0.717) is 0 Å². The van der Waals surface area contributed by atoms with Gasteiger partial charge in [0.1, 0.15) is 0 Å². The Morgan fingerprint density at radius 1 is 1.20 bits per heavy atom. The van der Waals surface area contributed by atoms with Crippen molar-refractivity contribution in [2.24, 2.45) is 0 Å². The van der Waals surface area contributed by atoms with E-state index < -0.39 is 8.12 Å². The van der Waals surface area contributed by atoms with Gasteiger partial charge in [-0.2, -0.15) is 0 Å². The van der Waals surface area contributed by atoms with E-state index in [0.717, 1.165) is 0 Å². The first kappa shape index (κ1) is 6.86. The molecule has 39 valence electrons. The Morgan fingerprint density at radius 3 is 1.20 bits per heavy atom. The van der Waals surface area contributed by atoms with Crippen LogP contribution in [0, 0.1) is 0 Å². The van der Waals surface area contributed by atoms with Gasteiger partial charge < -0.3 is 0 Å². The van der Waals surface area contributed by atoms with Crippen LogP contribution >= 0.6 is 44.6 Å². The Labute approximate surface area is 52.4 Å². The summed E-state index contributed by atoms with van der Waals surface area (Å²) in [5.74, 6) is 0. The minimum atomic E-state index is -2.15. The van der Waals surface area contributed by atoms with Crippen LogP contribution < -0.4 is 0 Å². The summed E-state index contributed by atoms with van der Waals surface area (Å²) < 4.78 is 0. The van der Waals surface area contributed by atoms with E-state index in [1.165, 1.54) is 0 Å². The van der Waals surface area contributed by atoms with Crippen molar-refractivity contribution in [2.45, 2.75) is 0 Å². The molecule has 0 fully saturated rings. The predicted molar refractivity (Wildman–Crippen MR) is 26.5 cm³/mol. The van der Waals surface area contributed by atoms with E-state index >= 15 is 0 Å². The van der Waals surface area contributed by atoms with E-state index in [-0.39, 0.29) is 0 Å². The van der Waals surface area contributed by atoms with Gasteiger partial charge >= 0.3 is 52.7 Å². The van der Waals surface area contributed by atoms with E-state index in [1.54, 1.807) is 0 Å². The molecular weight excluding hydrogens is 245 g/mol. The molecule has 0 aliphatic heterocycles. The van der Waals surface area contributed by atoms with Gasteiger partial charge in [-0.3, -0.25) is 0 Å². The summed E-state index contributed by atoms with van der Waals surface area (Å²) >= 11 is 2.78. The van der Waals surface area contributed by atoms with Crippen molar-refractivity contribution in [3.63, 3.8) is 0 Å². The Morgan fingerprint density at radius 2 is 1.20 bits per heavy atom. The Bertz CT molecular complexity index is 22.4. The first-order valence-corrected chi connectivity index (χ1v) is 7.37. The topological polar surface area (TPSA) is 0 Å². The van der Waals surface area contributed by atoms with Gasteiger partial charge in [-0.15, -0.1) is 0 Å². The average Bonchev–Trinajstić information content (AvgIpc) is 0.722. The van der Waals surface area contributed by atoms with Crippen LogP contribution in [-0.4, -0.2) is 0 Å². The zero-order chi connectivity index (χ0) is 4.50. The molecule has 0 nitrogen and oxygen atoms in total. The monoisotopic (exact) mass is 243 g/mol. The van der Waals surface area contributed by atoms with Gasteiger partial charge in [-0.1, -0.05) is 0 Å². The summed E-state index contributed by atoms with van der Waals surface area (Å²) in [6.45, 7) is 0. The maximum atomic E-state index is 5.09. The molecule has 0 radical (unpaired) electrons. The van der Waals surface area contributed by atoms with Gasteiger partial charge in [0.05, 0.1) is 0 Å². The van der Waals surface area contributed by atoms with Gasteiger partial charge in [-0.05, 0) is 0 Å². The van der Waals surface area contributed by atoms with E-state index in [1.807, 2.05) is 0 Å². The van der Waals surface area contributed by atoms with Crippen LogP contribution in [0.3, 0.4) is 0 Å². The molecule has 0 rings (SSSR count). The number of halogens is 4. The molecule has 0 aromatic heterocycles. The number of rotatable bonds is 0. The molecule has 0 spiro atoms. The molecule has 0 atom stereocenters. The third-order valence-corrected chi connectivity index (χ3v) is 0. The van der Waals surface area contributed by atoms with Crippen LogP contribution in [-0.2, 0) is 8.12 Å². The third-order valence-electron chi connectivity index (χ3n) is 0. The van der Waals surface area contributed by atoms with Crippen molar-refractivity contribution in [1.29, 1.82) is 0 Å². The van der Waals surface area contributed by atoms with Gasteiger partial charge in [0, 0.05) is 0 Å². The first-order valence-electron chi connectivity index (χ1n) is 0.504. The molecule has 0 aliphatic rings. The fraction of sp³-hybridized carbons (Fsp3) is 0. The molecule has 0 unspecified atom stereocenters. The van der Waals surface area contributed by atoms with E-state index in [9.17, 15) is 0 Å². The Kier molecular flexibility index (Phi) is 3.07. The fourth-order valence-electron chi connectivity index (χ4n) is 0. The molecule has 0 saturated carbocycles. The van der Waals surface area contributed by atoms with Crippen LogP contribution in [0.15, 0.2) is 0 Å². The minimum absolute atomic E-state index is 2.15. The zero-order valence-corrected chi connectivity index (χ0v) is 6.74. The van der Waals surface area contributed by atoms with Crippen molar-refractivity contribution in [3.05, 3.63) is 0 Å². The molecule has 0 heterocycles. The standard InChI is InChI=1S/BrH.3ClH.Co/h4*1H;/q;;;;+2/p-4. The average molecular weight is 245 g/mol. The third kappa shape index (κ3) is 25.3. The first-order chi connectivity index (χ1) is 2.00. The molecule has 0 aromatic carbocycles. The second kappa shape index (κ2) is 2.24. The molecule has 0 aromatic rings. The van der Waals surface area contributed by atoms with Gasteiger partial charge in [0.2, 0.25) is 0 Å². The van der Waals surface area contributed by atoms with Crippen LogP contribution in [0.4, 0.5) is 0 Å². The molecule has 0 saturated heterocycles. The van der Waals surface area contributed by atoms with Gasteiger partial charge in [0.25, 0.3) is 0 Å². The summed E-state index contributed by atoms with van der Waals surface area (Å²) in [5, 5.41) is 0. The van der Waals surface area contributed by atoms with Gasteiger partial charge in [-0.25, -0.2) is 0 Å². The van der Waals surface area contributed by atoms with Crippen LogP contribution in [0.5, 0.6) is 0 Å². The second-order valence-corrected chi connectivity index (χ2v) is 14.5. The summed E-state index contributed by atoms with van der Waals surface area (Å²) in [5.41, 5.74) is 0. The summed E-state index contributed by atoms with van der Waals surface area (Å²) in [6, 6.07) is 0. The summed E-state index contributed by atoms with van der Waals surface area (Å²) in [4.78, 5) is 0. The molecule has 0 amide bonds. The Balaban J connectivity index is 3.02. The number of hydrogen-bond donors (Lipinski definition) is 0. The van der Waals surface area contributed by atoms with Crippen molar-refractivity contribution in [2.75, 3.05) is 0 Å². The molecule has 5 heteroatoms. The quantitative estimate of drug-likeness (QED) is 0.615. The summed E-state index contributed by atoms with van der Waals surface area (Å²) in [7, 11) is 13.1. The number of hydrogen-bond acceptors (Lipinski definition) is 0. The van der Waals surface area contributed by atoms with Crippen molar-refractivity contribution in [3.8, 4) is 0 Å². The fourth-order valence-corrected chi connectivity index (χ4v) is 0. The summed E-state index contributed by atoms with van der Waals surface area (Å²) in [6.07, 6.45) is 0. The van der Waals surface area contributed by atoms with E-state index in [2.05, 4.69) is 14.2 Å². The SMILES string of the molecule is [Cl][Co-2]([Cl])([Cl])[Br]. The van der Waals surface area contributed by atoms with Crippen molar-refractivity contribution in [1.82, 2.24) is 0 Å². The zero-order valence-electron chi connectivity index (χ0n) is 1.85. The van der Waals surface area contributed by atoms with E-state index in [4.69, 9.17) is 30.4 Å². The van der Waals surface area contributed by atoms with Crippen molar-refractivity contribution >= 4 is 44.6 Å². The molecule has 0 N–H and O–H groups in total. The van der Waals surface area contributed by atoms with Gasteiger partial charge in [0.15, 0.2) is 0 Å². The molecule has 5 heavy (non-hydrogen) atoms. The van der Waals surface area contributed by atoms with Crippen LogP contribution in [0.2, 0.25) is 0 Å². The normalized spacial score (nSPS) is 15.2. The van der Waals surface area contributed by atoms with Crippen LogP contribution in [0.25, 0.3) is 0 Å². The van der Waals surface area contributed by atoms with Crippen LogP contribution in [0.1, 0.15) is 0 Å². The Hall–Kier alpha value is 1.86. The molecule has 0 aliphatic carbocycles. The maximum absolute atomic E-state index is 5.09. The molecular formula is BrCl3Co-2.